The van der Waals surface area contributed by atoms with Crippen LogP contribution < -0.4 is 16.2 Å². The fourth-order valence-corrected chi connectivity index (χ4v) is 3.46. The third-order valence-corrected chi connectivity index (χ3v) is 4.73. The minimum Gasteiger partial charge on any atom is -0.380 e. The van der Waals surface area contributed by atoms with Gasteiger partial charge in [0.1, 0.15) is 4.90 Å². The molecule has 0 aromatic heterocycles. The van der Waals surface area contributed by atoms with E-state index in [0.717, 1.165) is 12.8 Å². The number of nitrogens with two attached hydrogens (primary N) is 2. The van der Waals surface area contributed by atoms with Gasteiger partial charge in [0.2, 0.25) is 10.0 Å². The van der Waals surface area contributed by atoms with Crippen molar-refractivity contribution in [3.05, 3.63) is 24.3 Å². The zero-order valence-electron chi connectivity index (χ0n) is 10.9. The monoisotopic (exact) mass is 283 g/mol. The Labute approximate surface area is 114 Å². The molecular weight excluding hydrogens is 262 g/mol. The van der Waals surface area contributed by atoms with Crippen LogP contribution in [0.5, 0.6) is 0 Å². The van der Waals surface area contributed by atoms with Crippen molar-refractivity contribution < 1.29 is 8.42 Å². The molecule has 1 atom stereocenters. The Morgan fingerprint density at radius 1 is 1.26 bits per heavy atom. The topological polar surface area (TPSA) is 98.2 Å². The zero-order valence-corrected chi connectivity index (χ0v) is 11.7. The van der Waals surface area contributed by atoms with Crippen molar-refractivity contribution in [2.75, 3.05) is 11.9 Å². The minimum atomic E-state index is -3.71. The molecule has 0 amide bonds. The lowest BCUT2D eigenvalue weighted by Gasteiger charge is -2.25. The molecule has 0 saturated heterocycles. The summed E-state index contributed by atoms with van der Waals surface area (Å²) < 4.78 is 23.1. The fourth-order valence-electron chi connectivity index (χ4n) is 2.76. The van der Waals surface area contributed by atoms with Crippen LogP contribution >= 0.6 is 0 Å². The van der Waals surface area contributed by atoms with E-state index < -0.39 is 10.0 Å². The van der Waals surface area contributed by atoms with Gasteiger partial charge in [-0.1, -0.05) is 25.0 Å². The normalized spacial score (nSPS) is 18.4. The van der Waals surface area contributed by atoms with Crippen LogP contribution in [0, 0.1) is 5.92 Å². The first kappa shape index (κ1) is 14.3. The molecule has 1 aromatic carbocycles. The van der Waals surface area contributed by atoms with Crippen LogP contribution in [0.15, 0.2) is 29.2 Å². The smallest absolute Gasteiger partial charge is 0.240 e. The summed E-state index contributed by atoms with van der Waals surface area (Å²) in [6.07, 6.45) is 4.73. The first-order valence-electron chi connectivity index (χ1n) is 6.61. The Morgan fingerprint density at radius 3 is 2.47 bits per heavy atom. The van der Waals surface area contributed by atoms with E-state index in [1.54, 1.807) is 18.2 Å². The maximum absolute atomic E-state index is 11.6. The van der Waals surface area contributed by atoms with Crippen molar-refractivity contribution in [2.24, 2.45) is 16.8 Å². The van der Waals surface area contributed by atoms with Crippen LogP contribution in [0.25, 0.3) is 0 Å². The Balaban J connectivity index is 2.22. The minimum absolute atomic E-state index is 0.102. The third-order valence-electron chi connectivity index (χ3n) is 3.76. The van der Waals surface area contributed by atoms with Gasteiger partial charge in [0.15, 0.2) is 0 Å². The van der Waals surface area contributed by atoms with Crippen LogP contribution in [0.1, 0.15) is 25.7 Å². The summed E-state index contributed by atoms with van der Waals surface area (Å²) in [5.74, 6) is 0.513. The number of para-hydroxylation sites is 1. The predicted molar refractivity (Wildman–Crippen MR) is 76.2 cm³/mol. The van der Waals surface area contributed by atoms with Gasteiger partial charge in [-0.3, -0.25) is 0 Å². The number of hydrogen-bond acceptors (Lipinski definition) is 4. The van der Waals surface area contributed by atoms with Crippen LogP contribution in [-0.2, 0) is 10.0 Å². The van der Waals surface area contributed by atoms with Gasteiger partial charge in [-0.05, 0) is 30.9 Å². The molecule has 1 saturated carbocycles. The van der Waals surface area contributed by atoms with Crippen molar-refractivity contribution in [1.29, 1.82) is 0 Å². The van der Waals surface area contributed by atoms with Crippen molar-refractivity contribution in [2.45, 2.75) is 36.6 Å². The molecule has 0 spiro atoms. The molecule has 19 heavy (non-hydrogen) atoms. The molecular formula is C13H21N3O2S. The molecule has 1 fully saturated rings. The largest absolute Gasteiger partial charge is 0.380 e. The van der Waals surface area contributed by atoms with E-state index in [-0.39, 0.29) is 10.9 Å². The van der Waals surface area contributed by atoms with E-state index in [9.17, 15) is 8.42 Å². The SMILES string of the molecule is NCC(Nc1ccccc1S(N)(=O)=O)C1CCCC1. The van der Waals surface area contributed by atoms with Crippen LogP contribution in [0.2, 0.25) is 0 Å². The van der Waals surface area contributed by atoms with Crippen LogP contribution in [-0.4, -0.2) is 21.0 Å². The molecule has 6 heteroatoms. The summed E-state index contributed by atoms with van der Waals surface area (Å²) in [7, 11) is -3.71. The van der Waals surface area contributed by atoms with E-state index in [4.69, 9.17) is 10.9 Å². The van der Waals surface area contributed by atoms with Crippen molar-refractivity contribution >= 4 is 15.7 Å². The number of nitrogens with one attached hydrogen (secondary N) is 1. The lowest BCUT2D eigenvalue weighted by Crippen LogP contribution is -2.35. The fraction of sp³-hybridized carbons (Fsp3) is 0.538. The van der Waals surface area contributed by atoms with Crippen LogP contribution in [0.3, 0.4) is 0 Å². The molecule has 2 rings (SSSR count). The van der Waals surface area contributed by atoms with Gasteiger partial charge in [0, 0.05) is 12.6 Å². The van der Waals surface area contributed by atoms with Crippen LogP contribution in [0.4, 0.5) is 5.69 Å². The third kappa shape index (κ3) is 3.46. The summed E-state index contributed by atoms with van der Waals surface area (Å²) in [6.45, 7) is 0.490. The van der Waals surface area contributed by atoms with Crippen molar-refractivity contribution in [1.82, 2.24) is 0 Å². The number of benzene rings is 1. The number of sulfonamides is 1. The van der Waals surface area contributed by atoms with Gasteiger partial charge in [-0.2, -0.15) is 0 Å². The van der Waals surface area contributed by atoms with Gasteiger partial charge >= 0.3 is 0 Å². The highest BCUT2D eigenvalue weighted by atomic mass is 32.2. The number of anilines is 1. The van der Waals surface area contributed by atoms with Gasteiger partial charge < -0.3 is 11.1 Å². The summed E-state index contributed by atoms with van der Waals surface area (Å²) in [4.78, 5) is 0.131. The maximum atomic E-state index is 11.6. The van der Waals surface area contributed by atoms with Gasteiger partial charge in [0.05, 0.1) is 5.69 Å². The Morgan fingerprint density at radius 2 is 1.89 bits per heavy atom. The molecule has 1 aliphatic carbocycles. The predicted octanol–water partition coefficient (Wildman–Crippen LogP) is 1.26. The molecule has 5 nitrogen and oxygen atoms in total. The van der Waals surface area contributed by atoms with Crippen molar-refractivity contribution in [3.63, 3.8) is 0 Å². The summed E-state index contributed by atoms with van der Waals surface area (Å²) in [6, 6.07) is 6.81. The highest BCUT2D eigenvalue weighted by Gasteiger charge is 2.25. The second kappa shape index (κ2) is 5.90. The quantitative estimate of drug-likeness (QED) is 0.757. The average molecular weight is 283 g/mol. The lowest BCUT2D eigenvalue weighted by molar-refractivity contribution is 0.461. The van der Waals surface area contributed by atoms with E-state index in [1.165, 1.54) is 18.9 Å². The number of primary sulfonamides is 1. The molecule has 1 aromatic rings. The average Bonchev–Trinajstić information content (AvgIpc) is 2.89. The second-order valence-corrected chi connectivity index (χ2v) is 6.60. The maximum Gasteiger partial charge on any atom is 0.240 e. The molecule has 0 bridgehead atoms. The zero-order chi connectivity index (χ0) is 13.9. The van der Waals surface area contributed by atoms with E-state index in [1.807, 2.05) is 0 Å². The van der Waals surface area contributed by atoms with E-state index >= 15 is 0 Å². The molecule has 0 aliphatic heterocycles. The second-order valence-electron chi connectivity index (χ2n) is 5.07. The highest BCUT2D eigenvalue weighted by Crippen LogP contribution is 2.30. The molecule has 1 aliphatic rings. The van der Waals surface area contributed by atoms with Gasteiger partial charge in [-0.25, -0.2) is 13.6 Å². The first-order chi connectivity index (χ1) is 9.02. The molecule has 5 N–H and O–H groups in total. The molecule has 0 radical (unpaired) electrons. The first-order valence-corrected chi connectivity index (χ1v) is 8.15. The Bertz CT molecular complexity index is 524. The molecule has 106 valence electrons. The van der Waals surface area contributed by atoms with E-state index in [0.29, 0.717) is 18.2 Å². The molecule has 0 heterocycles. The summed E-state index contributed by atoms with van der Waals surface area (Å²) in [5.41, 5.74) is 6.36. The summed E-state index contributed by atoms with van der Waals surface area (Å²) >= 11 is 0. The number of rotatable bonds is 5. The van der Waals surface area contributed by atoms with Crippen molar-refractivity contribution in [3.8, 4) is 0 Å². The Kier molecular flexibility index (Phi) is 4.44. The van der Waals surface area contributed by atoms with Gasteiger partial charge in [-0.15, -0.1) is 0 Å². The lowest BCUT2D eigenvalue weighted by atomic mass is 9.98. The Hall–Kier alpha value is -1.11. The highest BCUT2D eigenvalue weighted by molar-refractivity contribution is 7.89. The van der Waals surface area contributed by atoms with Gasteiger partial charge in [0.25, 0.3) is 0 Å². The standard InChI is InChI=1S/C13H21N3O2S/c14-9-12(10-5-1-2-6-10)16-11-7-3-4-8-13(11)19(15,17)18/h3-4,7-8,10,12,16H,1-2,5-6,9,14H2,(H2,15,17,18). The van der Waals surface area contributed by atoms with E-state index in [2.05, 4.69) is 5.32 Å². The summed E-state index contributed by atoms with van der Waals surface area (Å²) in [5, 5.41) is 8.49. The number of hydrogen-bond donors (Lipinski definition) is 3. The molecule has 1 unspecified atom stereocenters.